The largest absolute Gasteiger partial charge is 0.270 e. The van der Waals surface area contributed by atoms with E-state index >= 15 is 0 Å². The van der Waals surface area contributed by atoms with Gasteiger partial charge in [0.05, 0.1) is 12.9 Å². The minimum Gasteiger partial charge on any atom is -0.270 e. The van der Waals surface area contributed by atoms with Gasteiger partial charge in [-0.1, -0.05) is 29.8 Å². The molecule has 1 aromatic carbocycles. The second-order valence-corrected chi connectivity index (χ2v) is 5.61. The molecule has 0 saturated carbocycles. The molecular formula is C12H18O3S. The van der Waals surface area contributed by atoms with E-state index in [1.54, 1.807) is 0 Å². The van der Waals surface area contributed by atoms with E-state index in [1.165, 1.54) is 11.1 Å². The van der Waals surface area contributed by atoms with Crippen molar-refractivity contribution in [3.05, 3.63) is 35.4 Å². The molecule has 4 heteroatoms. The van der Waals surface area contributed by atoms with E-state index in [1.807, 2.05) is 0 Å². The second kappa shape index (κ2) is 6.01. The molecule has 0 aromatic heterocycles. The van der Waals surface area contributed by atoms with Gasteiger partial charge in [0, 0.05) is 0 Å². The summed E-state index contributed by atoms with van der Waals surface area (Å²) in [5.74, 6) is 0. The number of unbranched alkanes of at least 4 members (excludes halogenated alkanes) is 1. The topological polar surface area (TPSA) is 43.4 Å². The van der Waals surface area contributed by atoms with Gasteiger partial charge in [-0.3, -0.25) is 4.18 Å². The predicted molar refractivity (Wildman–Crippen MR) is 64.9 cm³/mol. The van der Waals surface area contributed by atoms with E-state index in [2.05, 4.69) is 35.4 Å². The summed E-state index contributed by atoms with van der Waals surface area (Å²) in [5.41, 5.74) is 2.54. The average molecular weight is 242 g/mol. The van der Waals surface area contributed by atoms with E-state index < -0.39 is 10.1 Å². The summed E-state index contributed by atoms with van der Waals surface area (Å²) in [7, 11) is -3.27. The van der Waals surface area contributed by atoms with E-state index in [-0.39, 0.29) is 6.61 Å². The highest BCUT2D eigenvalue weighted by molar-refractivity contribution is 7.85. The molecule has 0 bridgehead atoms. The van der Waals surface area contributed by atoms with Gasteiger partial charge in [0.1, 0.15) is 0 Å². The molecule has 0 aliphatic carbocycles. The third-order valence-corrected chi connectivity index (χ3v) is 2.87. The summed E-state index contributed by atoms with van der Waals surface area (Å²) >= 11 is 0. The van der Waals surface area contributed by atoms with Gasteiger partial charge in [-0.05, 0) is 31.7 Å². The van der Waals surface area contributed by atoms with Gasteiger partial charge in [0.2, 0.25) is 0 Å². The van der Waals surface area contributed by atoms with Crippen LogP contribution in [0.4, 0.5) is 0 Å². The van der Waals surface area contributed by atoms with Crippen LogP contribution >= 0.6 is 0 Å². The summed E-state index contributed by atoms with van der Waals surface area (Å²) in [5, 5.41) is 0. The molecule has 1 rings (SSSR count). The molecule has 16 heavy (non-hydrogen) atoms. The Morgan fingerprint density at radius 2 is 1.75 bits per heavy atom. The van der Waals surface area contributed by atoms with Crippen molar-refractivity contribution in [2.75, 3.05) is 12.9 Å². The zero-order chi connectivity index (χ0) is 12.0. The summed E-state index contributed by atoms with van der Waals surface area (Å²) in [6.07, 6.45) is 3.75. The van der Waals surface area contributed by atoms with Crippen molar-refractivity contribution in [2.24, 2.45) is 0 Å². The quantitative estimate of drug-likeness (QED) is 0.568. The van der Waals surface area contributed by atoms with Crippen molar-refractivity contribution < 1.29 is 12.6 Å². The first-order chi connectivity index (χ1) is 7.47. The molecule has 0 fully saturated rings. The zero-order valence-electron chi connectivity index (χ0n) is 9.77. The fourth-order valence-corrected chi connectivity index (χ4v) is 1.82. The molecule has 0 spiro atoms. The highest BCUT2D eigenvalue weighted by atomic mass is 32.2. The van der Waals surface area contributed by atoms with Crippen LogP contribution in [0.2, 0.25) is 0 Å². The third-order valence-electron chi connectivity index (χ3n) is 2.28. The maximum absolute atomic E-state index is 10.7. The first-order valence-corrected chi connectivity index (χ1v) is 7.19. The molecule has 0 atom stereocenters. The van der Waals surface area contributed by atoms with Gasteiger partial charge in [-0.25, -0.2) is 0 Å². The Morgan fingerprint density at radius 3 is 2.31 bits per heavy atom. The first-order valence-electron chi connectivity index (χ1n) is 5.37. The van der Waals surface area contributed by atoms with E-state index in [0.29, 0.717) is 0 Å². The monoisotopic (exact) mass is 242 g/mol. The van der Waals surface area contributed by atoms with Gasteiger partial charge in [0.25, 0.3) is 10.1 Å². The minimum absolute atomic E-state index is 0.282. The average Bonchev–Trinajstić information content (AvgIpc) is 2.19. The second-order valence-electron chi connectivity index (χ2n) is 3.97. The highest BCUT2D eigenvalue weighted by Crippen LogP contribution is 2.07. The Hall–Kier alpha value is -0.870. The number of hydrogen-bond acceptors (Lipinski definition) is 3. The molecule has 3 nitrogen and oxygen atoms in total. The molecule has 0 amide bonds. The van der Waals surface area contributed by atoms with Gasteiger partial charge in [-0.15, -0.1) is 0 Å². The number of aryl methyl sites for hydroxylation is 2. The summed E-state index contributed by atoms with van der Waals surface area (Å²) in [6.45, 7) is 2.34. The molecular weight excluding hydrogens is 224 g/mol. The zero-order valence-corrected chi connectivity index (χ0v) is 10.6. The van der Waals surface area contributed by atoms with Crippen LogP contribution in [0.1, 0.15) is 24.0 Å². The Balaban J connectivity index is 2.19. The third kappa shape index (κ3) is 5.88. The summed E-state index contributed by atoms with van der Waals surface area (Å²) in [6, 6.07) is 8.38. The lowest BCUT2D eigenvalue weighted by Gasteiger charge is -2.02. The molecule has 0 saturated heterocycles. The fourth-order valence-electron chi connectivity index (χ4n) is 1.40. The number of benzene rings is 1. The van der Waals surface area contributed by atoms with Gasteiger partial charge >= 0.3 is 0 Å². The van der Waals surface area contributed by atoms with Gasteiger partial charge in [0.15, 0.2) is 0 Å². The van der Waals surface area contributed by atoms with Crippen molar-refractivity contribution in [2.45, 2.75) is 26.2 Å². The van der Waals surface area contributed by atoms with Crippen LogP contribution in [0.3, 0.4) is 0 Å². The molecule has 90 valence electrons. The van der Waals surface area contributed by atoms with E-state index in [0.717, 1.165) is 25.5 Å². The summed E-state index contributed by atoms with van der Waals surface area (Å²) in [4.78, 5) is 0. The molecule has 0 radical (unpaired) electrons. The number of rotatable bonds is 6. The fraction of sp³-hybridized carbons (Fsp3) is 0.500. The smallest absolute Gasteiger partial charge is 0.264 e. The molecule has 0 unspecified atom stereocenters. The van der Waals surface area contributed by atoms with Crippen molar-refractivity contribution in [3.63, 3.8) is 0 Å². The SMILES string of the molecule is Cc1ccc(CCCCOS(C)(=O)=O)cc1. The molecule has 0 heterocycles. The van der Waals surface area contributed by atoms with E-state index in [9.17, 15) is 8.42 Å². The molecule has 0 N–H and O–H groups in total. The Labute approximate surface area is 97.6 Å². The van der Waals surface area contributed by atoms with Gasteiger partial charge < -0.3 is 0 Å². The lowest BCUT2D eigenvalue weighted by Crippen LogP contribution is -2.04. The van der Waals surface area contributed by atoms with Crippen molar-refractivity contribution >= 4 is 10.1 Å². The Morgan fingerprint density at radius 1 is 1.12 bits per heavy atom. The van der Waals surface area contributed by atoms with Crippen LogP contribution in [-0.4, -0.2) is 21.3 Å². The van der Waals surface area contributed by atoms with Crippen LogP contribution < -0.4 is 0 Å². The molecule has 0 aliphatic heterocycles. The lowest BCUT2D eigenvalue weighted by molar-refractivity contribution is 0.312. The van der Waals surface area contributed by atoms with Crippen LogP contribution in [0.5, 0.6) is 0 Å². The predicted octanol–water partition coefficient (Wildman–Crippen LogP) is 2.29. The maximum Gasteiger partial charge on any atom is 0.264 e. The standard InChI is InChI=1S/C12H18O3S/c1-11-6-8-12(9-7-11)5-3-4-10-15-16(2,13)14/h6-9H,3-5,10H2,1-2H3. The van der Waals surface area contributed by atoms with Crippen LogP contribution in [0.25, 0.3) is 0 Å². The number of hydrogen-bond donors (Lipinski definition) is 0. The highest BCUT2D eigenvalue weighted by Gasteiger charge is 2.00. The van der Waals surface area contributed by atoms with Gasteiger partial charge in [-0.2, -0.15) is 8.42 Å². The Kier molecular flexibility index (Phi) is 4.96. The Bertz CT molecular complexity index is 406. The lowest BCUT2D eigenvalue weighted by atomic mass is 10.1. The molecule has 0 aliphatic rings. The maximum atomic E-state index is 10.7. The van der Waals surface area contributed by atoms with Crippen molar-refractivity contribution in [1.29, 1.82) is 0 Å². The van der Waals surface area contributed by atoms with Crippen LogP contribution in [-0.2, 0) is 20.7 Å². The van der Waals surface area contributed by atoms with Crippen molar-refractivity contribution in [1.82, 2.24) is 0 Å². The van der Waals surface area contributed by atoms with Crippen molar-refractivity contribution in [3.8, 4) is 0 Å². The normalized spacial score (nSPS) is 11.6. The summed E-state index contributed by atoms with van der Waals surface area (Å²) < 4.78 is 26.0. The van der Waals surface area contributed by atoms with E-state index in [4.69, 9.17) is 0 Å². The van der Waals surface area contributed by atoms with Crippen LogP contribution in [0, 0.1) is 6.92 Å². The minimum atomic E-state index is -3.27. The first kappa shape index (κ1) is 13.2. The van der Waals surface area contributed by atoms with Crippen LogP contribution in [0.15, 0.2) is 24.3 Å². The molecule has 1 aromatic rings.